The Labute approximate surface area is 131 Å². The molecule has 0 saturated heterocycles. The highest BCUT2D eigenvalue weighted by molar-refractivity contribution is 9.10. The maximum atomic E-state index is 11.8. The van der Waals surface area contributed by atoms with Gasteiger partial charge in [-0.2, -0.15) is 0 Å². The lowest BCUT2D eigenvalue weighted by molar-refractivity contribution is -0.113. The molecule has 0 atom stereocenters. The summed E-state index contributed by atoms with van der Waals surface area (Å²) in [6, 6.07) is 7.52. The zero-order valence-corrected chi connectivity index (χ0v) is 14.0. The molecule has 0 aliphatic carbocycles. The zero-order chi connectivity index (χ0) is 13.7. The first-order chi connectivity index (χ1) is 9.19. The first-order valence-corrected chi connectivity index (χ1v) is 9.05. The summed E-state index contributed by atoms with van der Waals surface area (Å²) >= 11 is 7.84. The lowest BCUT2D eigenvalue weighted by Crippen LogP contribution is -2.14. The zero-order valence-electron chi connectivity index (χ0n) is 9.92. The van der Waals surface area contributed by atoms with Gasteiger partial charge in [-0.25, -0.2) is 0 Å². The van der Waals surface area contributed by atoms with Gasteiger partial charge in [0.1, 0.15) is 0 Å². The average molecular weight is 376 g/mol. The number of carbonyl (C=O) groups excluding carboxylic acids is 1. The Morgan fingerprint density at radius 2 is 2.11 bits per heavy atom. The van der Waals surface area contributed by atoms with Crippen LogP contribution in [0.25, 0.3) is 0 Å². The third kappa shape index (κ3) is 4.48. The first kappa shape index (κ1) is 14.8. The fourth-order valence-corrected chi connectivity index (χ4v) is 3.84. The van der Waals surface area contributed by atoms with E-state index in [2.05, 4.69) is 31.4 Å². The molecule has 0 fully saturated rings. The Kier molecular flexibility index (Phi) is 5.68. The number of anilines is 1. The van der Waals surface area contributed by atoms with Crippen LogP contribution in [0.5, 0.6) is 0 Å². The van der Waals surface area contributed by atoms with Crippen LogP contribution in [0.1, 0.15) is 0 Å². The van der Waals surface area contributed by atoms with Crippen molar-refractivity contribution in [3.05, 3.63) is 28.7 Å². The molecular weight excluding hydrogens is 366 g/mol. The molecule has 4 nitrogen and oxygen atoms in total. The first-order valence-electron chi connectivity index (χ1n) is 5.23. The third-order valence-electron chi connectivity index (χ3n) is 2.04. The number of thioether (sulfide) groups is 2. The van der Waals surface area contributed by atoms with E-state index in [1.54, 1.807) is 11.8 Å². The smallest absolute Gasteiger partial charge is 0.234 e. The number of carbonyl (C=O) groups is 1. The molecule has 1 amide bonds. The van der Waals surface area contributed by atoms with Crippen LogP contribution in [0, 0.1) is 0 Å². The maximum Gasteiger partial charge on any atom is 0.234 e. The van der Waals surface area contributed by atoms with Gasteiger partial charge >= 0.3 is 0 Å². The summed E-state index contributed by atoms with van der Waals surface area (Å²) in [6.07, 6.45) is 1.95. The second kappa shape index (κ2) is 7.28. The number of rotatable bonds is 5. The van der Waals surface area contributed by atoms with Crippen molar-refractivity contribution >= 4 is 62.4 Å². The number of hydrogen-bond acceptors (Lipinski definition) is 6. The lowest BCUT2D eigenvalue weighted by atomic mass is 10.3. The van der Waals surface area contributed by atoms with Gasteiger partial charge in [0.05, 0.1) is 11.4 Å². The Bertz CT molecular complexity index is 576. The van der Waals surface area contributed by atoms with E-state index < -0.39 is 0 Å². The molecule has 0 bridgehead atoms. The Hall–Kier alpha value is -0.570. The molecule has 0 spiro atoms. The molecule has 2 rings (SSSR count). The molecule has 0 saturated carbocycles. The van der Waals surface area contributed by atoms with Crippen molar-refractivity contribution in [2.24, 2.45) is 0 Å². The highest BCUT2D eigenvalue weighted by Gasteiger charge is 2.09. The molecule has 100 valence electrons. The Morgan fingerprint density at radius 1 is 1.37 bits per heavy atom. The molecule has 19 heavy (non-hydrogen) atoms. The van der Waals surface area contributed by atoms with Crippen LogP contribution in [0.2, 0.25) is 0 Å². The van der Waals surface area contributed by atoms with E-state index >= 15 is 0 Å². The van der Waals surface area contributed by atoms with Crippen molar-refractivity contribution in [3.63, 3.8) is 0 Å². The normalized spacial score (nSPS) is 10.4. The minimum absolute atomic E-state index is 0.0576. The minimum atomic E-state index is -0.0576. The molecule has 2 aromatic rings. The third-order valence-corrected chi connectivity index (χ3v) is 5.76. The monoisotopic (exact) mass is 375 g/mol. The van der Waals surface area contributed by atoms with E-state index in [1.807, 2.05) is 30.5 Å². The van der Waals surface area contributed by atoms with E-state index in [0.29, 0.717) is 5.75 Å². The van der Waals surface area contributed by atoms with E-state index in [-0.39, 0.29) is 5.91 Å². The number of benzene rings is 1. The topological polar surface area (TPSA) is 54.9 Å². The summed E-state index contributed by atoms with van der Waals surface area (Å²) < 4.78 is 2.59. The predicted octanol–water partition coefficient (Wildman–Crippen LogP) is 3.75. The SMILES string of the molecule is CSc1nnc(SCC(=O)Nc2ccccc2Br)s1. The van der Waals surface area contributed by atoms with Gasteiger partial charge in [0, 0.05) is 4.47 Å². The molecule has 1 aromatic heterocycles. The van der Waals surface area contributed by atoms with Crippen molar-refractivity contribution in [1.29, 1.82) is 0 Å². The summed E-state index contributed by atoms with van der Waals surface area (Å²) in [5, 5.41) is 10.8. The van der Waals surface area contributed by atoms with E-state index in [0.717, 1.165) is 18.8 Å². The number of amides is 1. The molecular formula is C11H10BrN3OS3. The maximum absolute atomic E-state index is 11.8. The van der Waals surface area contributed by atoms with Gasteiger partial charge in [0.25, 0.3) is 0 Å². The van der Waals surface area contributed by atoms with Gasteiger partial charge in [0.15, 0.2) is 8.68 Å². The Balaban J connectivity index is 1.86. The summed E-state index contributed by atoms with van der Waals surface area (Å²) in [4.78, 5) is 11.8. The van der Waals surface area contributed by atoms with Crippen LogP contribution in [-0.4, -0.2) is 28.1 Å². The van der Waals surface area contributed by atoms with E-state index in [4.69, 9.17) is 0 Å². The average Bonchev–Trinajstić information content (AvgIpc) is 2.87. The fourth-order valence-electron chi connectivity index (χ4n) is 1.21. The number of halogens is 1. The highest BCUT2D eigenvalue weighted by Crippen LogP contribution is 2.27. The molecule has 0 aliphatic rings. The second-order valence-electron chi connectivity index (χ2n) is 3.35. The number of nitrogens with one attached hydrogen (secondary N) is 1. The van der Waals surface area contributed by atoms with Crippen LogP contribution >= 0.6 is 50.8 Å². The van der Waals surface area contributed by atoms with Crippen molar-refractivity contribution in [1.82, 2.24) is 10.2 Å². The van der Waals surface area contributed by atoms with Crippen LogP contribution in [0.3, 0.4) is 0 Å². The largest absolute Gasteiger partial charge is 0.324 e. The van der Waals surface area contributed by atoms with Crippen LogP contribution in [0.15, 0.2) is 37.4 Å². The highest BCUT2D eigenvalue weighted by atomic mass is 79.9. The Morgan fingerprint density at radius 3 is 2.79 bits per heavy atom. The van der Waals surface area contributed by atoms with Gasteiger partial charge in [0.2, 0.25) is 5.91 Å². The molecule has 0 aliphatic heterocycles. The van der Waals surface area contributed by atoms with E-state index in [1.165, 1.54) is 23.1 Å². The standard InChI is InChI=1S/C11H10BrN3OS3/c1-17-10-14-15-11(19-10)18-6-9(16)13-8-5-3-2-4-7(8)12/h2-5H,6H2,1H3,(H,13,16). The van der Waals surface area contributed by atoms with Crippen molar-refractivity contribution < 1.29 is 4.79 Å². The van der Waals surface area contributed by atoms with Crippen LogP contribution < -0.4 is 5.32 Å². The summed E-state index contributed by atoms with van der Waals surface area (Å²) in [6.45, 7) is 0. The van der Waals surface area contributed by atoms with Crippen molar-refractivity contribution in [2.75, 3.05) is 17.3 Å². The number of para-hydroxylation sites is 1. The van der Waals surface area contributed by atoms with Gasteiger partial charge in [-0.1, -0.05) is 47.0 Å². The number of hydrogen-bond donors (Lipinski definition) is 1. The summed E-state index contributed by atoms with van der Waals surface area (Å²) in [5.41, 5.74) is 0.773. The fraction of sp³-hybridized carbons (Fsp3) is 0.182. The van der Waals surface area contributed by atoms with Gasteiger partial charge in [-0.3, -0.25) is 4.79 Å². The minimum Gasteiger partial charge on any atom is -0.324 e. The van der Waals surface area contributed by atoms with Crippen molar-refractivity contribution in [2.45, 2.75) is 8.68 Å². The van der Waals surface area contributed by atoms with Gasteiger partial charge in [-0.15, -0.1) is 10.2 Å². The molecule has 0 radical (unpaired) electrons. The number of nitrogens with zero attached hydrogens (tertiary/aromatic N) is 2. The molecule has 0 unspecified atom stereocenters. The second-order valence-corrected chi connectivity index (χ2v) is 7.46. The lowest BCUT2D eigenvalue weighted by Gasteiger charge is -2.05. The van der Waals surface area contributed by atoms with E-state index in [9.17, 15) is 4.79 Å². The molecule has 8 heteroatoms. The number of aromatic nitrogens is 2. The molecule has 1 heterocycles. The van der Waals surface area contributed by atoms with Crippen LogP contribution in [-0.2, 0) is 4.79 Å². The predicted molar refractivity (Wildman–Crippen MR) is 85.2 cm³/mol. The van der Waals surface area contributed by atoms with Gasteiger partial charge < -0.3 is 5.32 Å². The quantitative estimate of drug-likeness (QED) is 0.806. The molecule has 1 N–H and O–H groups in total. The van der Waals surface area contributed by atoms with Crippen molar-refractivity contribution in [3.8, 4) is 0 Å². The summed E-state index contributed by atoms with van der Waals surface area (Å²) in [7, 11) is 0. The van der Waals surface area contributed by atoms with Crippen LogP contribution in [0.4, 0.5) is 5.69 Å². The summed E-state index contributed by atoms with van der Waals surface area (Å²) in [5.74, 6) is 0.266. The van der Waals surface area contributed by atoms with Gasteiger partial charge in [-0.05, 0) is 34.3 Å². The molecule has 1 aromatic carbocycles.